The van der Waals surface area contributed by atoms with Crippen LogP contribution in [0.1, 0.15) is 0 Å². The summed E-state index contributed by atoms with van der Waals surface area (Å²) in [6.45, 7) is 0. The van der Waals surface area contributed by atoms with E-state index in [1.165, 1.54) is 0 Å². The van der Waals surface area contributed by atoms with E-state index in [0.29, 0.717) is 0 Å². The van der Waals surface area contributed by atoms with Crippen LogP contribution in [0, 0.1) is 0 Å². The van der Waals surface area contributed by atoms with Gasteiger partial charge in [0.25, 0.3) is 0 Å². The van der Waals surface area contributed by atoms with Crippen molar-refractivity contribution in [2.24, 2.45) is 0 Å². The molecule has 0 aromatic carbocycles. The fourth-order valence-corrected chi connectivity index (χ4v) is 0. The van der Waals surface area contributed by atoms with Crippen molar-refractivity contribution in [3.05, 3.63) is 0 Å². The van der Waals surface area contributed by atoms with E-state index in [1.807, 2.05) is 0 Å². The molecule has 0 aliphatic heterocycles. The van der Waals surface area contributed by atoms with Crippen molar-refractivity contribution >= 4 is 7.69 Å². The minimum atomic E-state index is -0.750. The molecule has 0 heterocycles. The first-order valence-electron chi connectivity index (χ1n) is 0.632. The van der Waals surface area contributed by atoms with Gasteiger partial charge in [-0.15, -0.1) is 0 Å². The Morgan fingerprint density at radius 2 is 1.20 bits per heavy atom. The van der Waals surface area contributed by atoms with Crippen LogP contribution in [0.3, 0.4) is 0 Å². The van der Waals surface area contributed by atoms with Crippen molar-refractivity contribution in [3.63, 3.8) is 0 Å². The summed E-state index contributed by atoms with van der Waals surface area (Å²) in [4.78, 5) is 0. The van der Waals surface area contributed by atoms with Gasteiger partial charge in [-0.1, -0.05) is 0 Å². The molecule has 3 N–H and O–H groups in total. The Hall–Kier alpha value is 0.945. The molecule has 0 saturated carbocycles. The predicted molar refractivity (Wildman–Crippen MR) is 13.5 cm³/mol. The quantitative estimate of drug-likeness (QED) is 0.290. The molecular weight excluding hydrogens is 81.8 g/mol. The van der Waals surface area contributed by atoms with Gasteiger partial charge in [0, 0.05) is 0 Å². The van der Waals surface area contributed by atoms with Crippen molar-refractivity contribution in [3.8, 4) is 0 Å². The first kappa shape index (κ1) is 16.8. The minimum Gasteiger partial charge on any atom is -0.870 e. The third kappa shape index (κ3) is 48.0. The van der Waals surface area contributed by atoms with Crippen LogP contribution in [-0.2, 0) is 0 Å². The Bertz CT molecular complexity index is 6.85. The molecule has 5 heteroatoms. The van der Waals surface area contributed by atoms with Crippen LogP contribution in [-0.4, -0.2) is 23.2 Å². The monoisotopic (exact) mass is 86.0 g/mol. The summed E-state index contributed by atoms with van der Waals surface area (Å²) in [5, 5.41) is 14.2. The smallest absolute Gasteiger partial charge is 0.870 e. The van der Waals surface area contributed by atoms with Gasteiger partial charge < -0.3 is 15.5 Å². The van der Waals surface area contributed by atoms with Crippen LogP contribution in [0.5, 0.6) is 0 Å². The Balaban J connectivity index is -0.0000000200. The Morgan fingerprint density at radius 3 is 1.20 bits per heavy atom. The number of rotatable bonds is 0. The summed E-state index contributed by atoms with van der Waals surface area (Å²) in [5.74, 6) is 0. The van der Waals surface area contributed by atoms with Crippen molar-refractivity contribution < 1.29 is 45.1 Å². The van der Waals surface area contributed by atoms with E-state index in [4.69, 9.17) is 10.0 Å². The Kier molecular flexibility index (Phi) is 68.2. The number of hydrogen-bond donors (Lipinski definition) is 2. The van der Waals surface area contributed by atoms with E-state index in [2.05, 4.69) is 0 Å². The van der Waals surface area contributed by atoms with Crippen LogP contribution >= 0.6 is 0 Å². The standard InChI is InChI=1S/BH3O2.Na.H2O/c2-1-3;;/h1-3H;;1H2/q;+1;/p-1. The van der Waals surface area contributed by atoms with Crippen LogP contribution in [0.15, 0.2) is 0 Å². The molecule has 0 aliphatic carbocycles. The van der Waals surface area contributed by atoms with Crippen molar-refractivity contribution in [1.82, 2.24) is 0 Å². The summed E-state index contributed by atoms with van der Waals surface area (Å²) >= 11 is 0. The zero-order valence-corrected chi connectivity index (χ0v) is 5.05. The molecule has 0 saturated heterocycles. The zero-order valence-electron chi connectivity index (χ0n) is 3.05. The van der Waals surface area contributed by atoms with Crippen LogP contribution < -0.4 is 29.6 Å². The normalized spacial score (nSPS) is 2.80. The molecule has 0 unspecified atom stereocenters. The molecule has 0 bridgehead atoms. The van der Waals surface area contributed by atoms with E-state index in [9.17, 15) is 0 Å². The topological polar surface area (TPSA) is 70.5 Å². The van der Waals surface area contributed by atoms with Crippen molar-refractivity contribution in [2.75, 3.05) is 0 Å². The molecule has 0 radical (unpaired) electrons. The molecule has 3 nitrogen and oxygen atoms in total. The molecule has 0 spiro atoms. The molecule has 0 atom stereocenters. The molecule has 5 heavy (non-hydrogen) atoms. The van der Waals surface area contributed by atoms with Crippen LogP contribution in [0.2, 0.25) is 0 Å². The third-order valence-electron chi connectivity index (χ3n) is 0. The van der Waals surface area contributed by atoms with E-state index in [0.717, 1.165) is 0 Å². The molecule has 26 valence electrons. The number of hydrogen-bond acceptors (Lipinski definition) is 3. The van der Waals surface area contributed by atoms with Crippen molar-refractivity contribution in [1.29, 1.82) is 0 Å². The van der Waals surface area contributed by atoms with Gasteiger partial charge in [0.1, 0.15) is 0 Å². The van der Waals surface area contributed by atoms with Crippen LogP contribution in [0.4, 0.5) is 0 Å². The van der Waals surface area contributed by atoms with E-state index >= 15 is 0 Å². The average molecular weight is 85.8 g/mol. The molecule has 0 aromatic rings. The second kappa shape index (κ2) is 20.3. The van der Waals surface area contributed by atoms with Crippen molar-refractivity contribution in [2.45, 2.75) is 0 Å². The van der Waals surface area contributed by atoms with E-state index in [1.54, 1.807) is 0 Å². The van der Waals surface area contributed by atoms with Gasteiger partial charge in [-0.25, -0.2) is 0 Å². The van der Waals surface area contributed by atoms with Gasteiger partial charge in [-0.3, -0.25) is 0 Å². The van der Waals surface area contributed by atoms with Crippen LogP contribution in [0.25, 0.3) is 0 Å². The summed E-state index contributed by atoms with van der Waals surface area (Å²) in [7, 11) is -0.750. The largest absolute Gasteiger partial charge is 1.00 e. The Labute approximate surface area is 52.9 Å². The molecular formula is H4BNaO3. The maximum absolute atomic E-state index is 7.12. The first-order valence-corrected chi connectivity index (χ1v) is 0.632. The minimum absolute atomic E-state index is 0. The molecule has 0 aliphatic rings. The molecule has 0 aromatic heterocycles. The first-order chi connectivity index (χ1) is 1.41. The second-order valence-electron chi connectivity index (χ2n) is 0.141. The van der Waals surface area contributed by atoms with E-state index in [-0.39, 0.29) is 35.0 Å². The predicted octanol–water partition coefficient (Wildman–Crippen LogP) is -4.94. The second-order valence-corrected chi connectivity index (χ2v) is 0.141. The fraction of sp³-hybridized carbons (Fsp3) is 0. The summed E-state index contributed by atoms with van der Waals surface area (Å²) in [6, 6.07) is 0. The summed E-state index contributed by atoms with van der Waals surface area (Å²) < 4.78 is 0. The Morgan fingerprint density at radius 1 is 1.20 bits per heavy atom. The molecule has 0 fully saturated rings. The third-order valence-corrected chi connectivity index (χ3v) is 0. The van der Waals surface area contributed by atoms with Gasteiger partial charge in [-0.2, -0.15) is 0 Å². The SMILES string of the molecule is OBO.[Na+].[OH-]. The van der Waals surface area contributed by atoms with Gasteiger partial charge in [0.05, 0.1) is 0 Å². The fourth-order valence-electron chi connectivity index (χ4n) is 0. The van der Waals surface area contributed by atoms with Gasteiger partial charge >= 0.3 is 37.2 Å². The maximum Gasteiger partial charge on any atom is 1.00 e. The van der Waals surface area contributed by atoms with Gasteiger partial charge in [0.2, 0.25) is 0 Å². The van der Waals surface area contributed by atoms with Gasteiger partial charge in [0.15, 0.2) is 0 Å². The average Bonchev–Trinajstić information content (AvgIpc) is 0.918. The maximum atomic E-state index is 7.12. The molecule has 0 amide bonds. The summed E-state index contributed by atoms with van der Waals surface area (Å²) in [6.07, 6.45) is 0. The van der Waals surface area contributed by atoms with E-state index < -0.39 is 7.69 Å². The molecule has 0 rings (SSSR count). The summed E-state index contributed by atoms with van der Waals surface area (Å²) in [5.41, 5.74) is 0. The zero-order chi connectivity index (χ0) is 2.71. The van der Waals surface area contributed by atoms with Gasteiger partial charge in [-0.05, 0) is 0 Å².